The molecule has 2 N–H and O–H groups in total. The Kier molecular flexibility index (Phi) is 3.42. The first-order valence-corrected chi connectivity index (χ1v) is 8.08. The van der Waals surface area contributed by atoms with E-state index in [1.165, 1.54) is 0 Å². The summed E-state index contributed by atoms with van der Waals surface area (Å²) in [6, 6.07) is 9.14. The number of aromatic hydroxyl groups is 1. The van der Waals surface area contributed by atoms with Gasteiger partial charge in [-0.25, -0.2) is 4.98 Å². The molecule has 1 atom stereocenters. The van der Waals surface area contributed by atoms with Gasteiger partial charge in [0.05, 0.1) is 16.4 Å². The molecule has 3 aromatic rings. The SMILES string of the molecule is Cc1cccc(-c2nnc3n2-c2cc(O)c(Cl)cc2NCC3C)n1. The number of pyridine rings is 1. The largest absolute Gasteiger partial charge is 0.506 e. The number of hydrogen-bond acceptors (Lipinski definition) is 5. The van der Waals surface area contributed by atoms with Crippen LogP contribution in [0.4, 0.5) is 5.69 Å². The summed E-state index contributed by atoms with van der Waals surface area (Å²) >= 11 is 6.07. The molecule has 0 amide bonds. The maximum Gasteiger partial charge on any atom is 0.187 e. The molecule has 122 valence electrons. The molecular formula is C17H16ClN5O. The van der Waals surface area contributed by atoms with Gasteiger partial charge in [0.2, 0.25) is 0 Å². The van der Waals surface area contributed by atoms with Crippen molar-refractivity contribution in [3.8, 4) is 23.0 Å². The van der Waals surface area contributed by atoms with E-state index in [0.717, 1.165) is 28.6 Å². The average Bonchev–Trinajstić information content (AvgIpc) is 2.95. The lowest BCUT2D eigenvalue weighted by Crippen LogP contribution is -2.09. The minimum absolute atomic E-state index is 0.0228. The summed E-state index contributed by atoms with van der Waals surface area (Å²) in [4.78, 5) is 4.56. The van der Waals surface area contributed by atoms with Crippen LogP contribution in [0.3, 0.4) is 0 Å². The molecule has 0 radical (unpaired) electrons. The number of aromatic nitrogens is 4. The van der Waals surface area contributed by atoms with Crippen LogP contribution in [-0.2, 0) is 0 Å². The van der Waals surface area contributed by atoms with Crippen LogP contribution in [-0.4, -0.2) is 31.4 Å². The first-order valence-electron chi connectivity index (χ1n) is 7.70. The lowest BCUT2D eigenvalue weighted by Gasteiger charge is -2.13. The van der Waals surface area contributed by atoms with Crippen molar-refractivity contribution in [3.63, 3.8) is 0 Å². The molecule has 24 heavy (non-hydrogen) atoms. The summed E-state index contributed by atoms with van der Waals surface area (Å²) in [5.74, 6) is 1.63. The van der Waals surface area contributed by atoms with Gasteiger partial charge in [-0.05, 0) is 25.1 Å². The Labute approximate surface area is 144 Å². The number of fused-ring (bicyclic) bond motifs is 3. The number of benzene rings is 1. The van der Waals surface area contributed by atoms with Crippen molar-refractivity contribution in [1.29, 1.82) is 0 Å². The summed E-state index contributed by atoms with van der Waals surface area (Å²) in [6.07, 6.45) is 0. The van der Waals surface area contributed by atoms with Gasteiger partial charge in [0.1, 0.15) is 17.3 Å². The summed E-state index contributed by atoms with van der Waals surface area (Å²) in [7, 11) is 0. The topological polar surface area (TPSA) is 75.9 Å². The minimum Gasteiger partial charge on any atom is -0.506 e. The molecule has 0 aliphatic carbocycles. The van der Waals surface area contributed by atoms with Crippen LogP contribution in [0.1, 0.15) is 24.4 Å². The number of nitrogens with zero attached hydrogens (tertiary/aromatic N) is 4. The Bertz CT molecular complexity index is 937. The Balaban J connectivity index is 2.01. The molecule has 4 rings (SSSR count). The third kappa shape index (κ3) is 2.30. The summed E-state index contributed by atoms with van der Waals surface area (Å²) < 4.78 is 1.94. The van der Waals surface area contributed by atoms with Gasteiger partial charge in [0.15, 0.2) is 5.82 Å². The molecule has 0 spiro atoms. The maximum atomic E-state index is 10.1. The van der Waals surface area contributed by atoms with E-state index in [1.807, 2.05) is 29.7 Å². The van der Waals surface area contributed by atoms with Crippen molar-refractivity contribution < 1.29 is 5.11 Å². The third-order valence-electron chi connectivity index (χ3n) is 4.15. The van der Waals surface area contributed by atoms with Gasteiger partial charge in [0, 0.05) is 24.2 Å². The zero-order valence-electron chi connectivity index (χ0n) is 13.3. The quantitative estimate of drug-likeness (QED) is 0.662. The van der Waals surface area contributed by atoms with Crippen molar-refractivity contribution in [2.24, 2.45) is 0 Å². The number of phenolic OH excluding ortho intramolecular Hbond substituents is 1. The first kappa shape index (κ1) is 15.0. The van der Waals surface area contributed by atoms with Crippen LogP contribution in [0.5, 0.6) is 5.75 Å². The molecule has 1 aromatic carbocycles. The predicted molar refractivity (Wildman–Crippen MR) is 92.9 cm³/mol. The van der Waals surface area contributed by atoms with Crippen molar-refractivity contribution in [2.75, 3.05) is 11.9 Å². The molecule has 1 aliphatic heterocycles. The highest BCUT2D eigenvalue weighted by Crippen LogP contribution is 2.38. The van der Waals surface area contributed by atoms with Crippen molar-refractivity contribution in [2.45, 2.75) is 19.8 Å². The maximum absolute atomic E-state index is 10.1. The molecule has 3 heterocycles. The van der Waals surface area contributed by atoms with Gasteiger partial charge in [-0.1, -0.05) is 24.6 Å². The van der Waals surface area contributed by atoms with Gasteiger partial charge < -0.3 is 10.4 Å². The van der Waals surface area contributed by atoms with E-state index in [2.05, 4.69) is 27.4 Å². The van der Waals surface area contributed by atoms with Crippen LogP contribution in [0.25, 0.3) is 17.2 Å². The number of aryl methyl sites for hydroxylation is 1. The molecule has 0 saturated heterocycles. The van der Waals surface area contributed by atoms with E-state index in [1.54, 1.807) is 12.1 Å². The van der Waals surface area contributed by atoms with E-state index in [9.17, 15) is 5.11 Å². The lowest BCUT2D eigenvalue weighted by molar-refractivity contribution is 0.475. The van der Waals surface area contributed by atoms with Crippen molar-refractivity contribution in [3.05, 3.63) is 46.9 Å². The Morgan fingerprint density at radius 2 is 2.12 bits per heavy atom. The van der Waals surface area contributed by atoms with Crippen LogP contribution >= 0.6 is 11.6 Å². The normalized spacial score (nSPS) is 16.0. The summed E-state index contributed by atoms with van der Waals surface area (Å²) in [6.45, 7) is 4.72. The minimum atomic E-state index is 0.0228. The number of anilines is 1. The van der Waals surface area contributed by atoms with Gasteiger partial charge in [-0.15, -0.1) is 10.2 Å². The molecule has 0 fully saturated rings. The predicted octanol–water partition coefficient (Wildman–Crippen LogP) is 3.53. The molecule has 7 heteroatoms. The van der Waals surface area contributed by atoms with Gasteiger partial charge in [-0.3, -0.25) is 4.57 Å². The van der Waals surface area contributed by atoms with E-state index in [0.29, 0.717) is 17.4 Å². The molecule has 2 aromatic heterocycles. The van der Waals surface area contributed by atoms with Crippen LogP contribution in [0.15, 0.2) is 30.3 Å². The zero-order valence-corrected chi connectivity index (χ0v) is 14.0. The second kappa shape index (κ2) is 5.49. The van der Waals surface area contributed by atoms with Crippen LogP contribution in [0, 0.1) is 6.92 Å². The van der Waals surface area contributed by atoms with Gasteiger partial charge >= 0.3 is 0 Å². The molecule has 0 saturated carbocycles. The van der Waals surface area contributed by atoms with Gasteiger partial charge in [0.25, 0.3) is 0 Å². The van der Waals surface area contributed by atoms with Crippen LogP contribution < -0.4 is 5.32 Å². The molecule has 1 unspecified atom stereocenters. The smallest absolute Gasteiger partial charge is 0.187 e. The first-order chi connectivity index (χ1) is 11.5. The Hall–Kier alpha value is -2.60. The fourth-order valence-corrected chi connectivity index (χ4v) is 3.08. The zero-order chi connectivity index (χ0) is 16.8. The van der Waals surface area contributed by atoms with Crippen molar-refractivity contribution >= 4 is 17.3 Å². The molecule has 0 bridgehead atoms. The van der Waals surface area contributed by atoms with E-state index >= 15 is 0 Å². The van der Waals surface area contributed by atoms with E-state index < -0.39 is 0 Å². The number of halogens is 1. The Morgan fingerprint density at radius 3 is 2.92 bits per heavy atom. The monoisotopic (exact) mass is 341 g/mol. The molecule has 1 aliphatic rings. The lowest BCUT2D eigenvalue weighted by atomic mass is 10.1. The second-order valence-corrected chi connectivity index (χ2v) is 6.39. The number of nitrogens with one attached hydrogen (secondary N) is 1. The average molecular weight is 342 g/mol. The van der Waals surface area contributed by atoms with E-state index in [4.69, 9.17) is 11.6 Å². The van der Waals surface area contributed by atoms with Gasteiger partial charge in [-0.2, -0.15) is 0 Å². The fourth-order valence-electron chi connectivity index (χ4n) is 2.92. The highest BCUT2D eigenvalue weighted by Gasteiger charge is 2.26. The second-order valence-electron chi connectivity index (χ2n) is 5.98. The highest BCUT2D eigenvalue weighted by molar-refractivity contribution is 6.32. The van der Waals surface area contributed by atoms with E-state index in [-0.39, 0.29) is 11.7 Å². The molecular weight excluding hydrogens is 326 g/mol. The highest BCUT2D eigenvalue weighted by atomic mass is 35.5. The fraction of sp³-hybridized carbons (Fsp3) is 0.235. The number of hydrogen-bond donors (Lipinski definition) is 2. The number of rotatable bonds is 1. The standard InChI is InChI=1S/C17H16ClN5O/c1-9-8-19-13-6-11(18)15(24)7-14(13)23-16(9)21-22-17(23)12-5-3-4-10(2)20-12/h3-7,9,19,24H,8H2,1-2H3. The van der Waals surface area contributed by atoms with Crippen molar-refractivity contribution in [1.82, 2.24) is 19.7 Å². The third-order valence-corrected chi connectivity index (χ3v) is 4.45. The number of phenols is 1. The summed E-state index contributed by atoms with van der Waals surface area (Å²) in [5, 5.41) is 22.5. The Morgan fingerprint density at radius 1 is 1.29 bits per heavy atom. The van der Waals surface area contributed by atoms with Crippen LogP contribution in [0.2, 0.25) is 5.02 Å². The summed E-state index contributed by atoms with van der Waals surface area (Å²) in [5.41, 5.74) is 3.24. The molecule has 6 nitrogen and oxygen atoms in total.